The smallest absolute Gasteiger partial charge is 0.353 e. The SMILES string of the molecule is CCCCCNc1nc(N)nc(C)c1Cc1ccc(CC(=O)OF)cc1. The highest BCUT2D eigenvalue weighted by atomic mass is 19.3. The van der Waals surface area contributed by atoms with Crippen LogP contribution in [0.2, 0.25) is 0 Å². The van der Waals surface area contributed by atoms with Crippen LogP contribution in [-0.2, 0) is 22.6 Å². The second-order valence-corrected chi connectivity index (χ2v) is 6.25. The third kappa shape index (κ3) is 5.68. The van der Waals surface area contributed by atoms with Crippen molar-refractivity contribution in [2.24, 2.45) is 0 Å². The van der Waals surface area contributed by atoms with Gasteiger partial charge in [0.15, 0.2) is 0 Å². The number of aromatic nitrogens is 2. The van der Waals surface area contributed by atoms with Crippen molar-refractivity contribution in [2.45, 2.75) is 46.0 Å². The number of nitrogens with one attached hydrogen (secondary N) is 1. The van der Waals surface area contributed by atoms with Crippen LogP contribution in [0.25, 0.3) is 0 Å². The van der Waals surface area contributed by atoms with Crippen LogP contribution < -0.4 is 11.1 Å². The molecule has 1 aromatic heterocycles. The Hall–Kier alpha value is -2.70. The van der Waals surface area contributed by atoms with Crippen LogP contribution in [-0.4, -0.2) is 22.5 Å². The van der Waals surface area contributed by atoms with Crippen LogP contribution in [0.1, 0.15) is 48.6 Å². The highest BCUT2D eigenvalue weighted by Gasteiger charge is 2.12. The van der Waals surface area contributed by atoms with E-state index < -0.39 is 5.97 Å². The molecule has 0 fully saturated rings. The van der Waals surface area contributed by atoms with E-state index >= 15 is 0 Å². The quantitative estimate of drug-likeness (QED) is 0.665. The van der Waals surface area contributed by atoms with Crippen LogP contribution in [0.4, 0.5) is 16.3 Å². The number of benzene rings is 1. The van der Waals surface area contributed by atoms with Crippen molar-refractivity contribution in [1.82, 2.24) is 9.97 Å². The highest BCUT2D eigenvalue weighted by Crippen LogP contribution is 2.22. The Bertz CT molecular complexity index is 735. The van der Waals surface area contributed by atoms with Crippen LogP contribution in [0, 0.1) is 6.92 Å². The van der Waals surface area contributed by atoms with Crippen molar-refractivity contribution in [1.29, 1.82) is 0 Å². The number of hydrogen-bond acceptors (Lipinski definition) is 6. The van der Waals surface area contributed by atoms with E-state index in [-0.39, 0.29) is 12.4 Å². The van der Waals surface area contributed by atoms with Crippen molar-refractivity contribution >= 4 is 17.7 Å². The zero-order valence-corrected chi connectivity index (χ0v) is 15.2. The van der Waals surface area contributed by atoms with Gasteiger partial charge in [-0.1, -0.05) is 44.0 Å². The van der Waals surface area contributed by atoms with Gasteiger partial charge in [0.25, 0.3) is 0 Å². The number of halogens is 1. The van der Waals surface area contributed by atoms with Crippen molar-refractivity contribution in [2.75, 3.05) is 17.6 Å². The first-order chi connectivity index (χ1) is 12.5. The van der Waals surface area contributed by atoms with E-state index in [0.29, 0.717) is 12.0 Å². The molecule has 0 unspecified atom stereocenters. The lowest BCUT2D eigenvalue weighted by Crippen LogP contribution is -2.11. The van der Waals surface area contributed by atoms with Crippen LogP contribution >= 0.6 is 0 Å². The molecular formula is C19H25FN4O2. The third-order valence-corrected chi connectivity index (χ3v) is 4.14. The van der Waals surface area contributed by atoms with E-state index in [1.165, 1.54) is 0 Å². The molecule has 0 bridgehead atoms. The van der Waals surface area contributed by atoms with E-state index in [1.54, 1.807) is 12.1 Å². The van der Waals surface area contributed by atoms with E-state index in [2.05, 4.69) is 27.1 Å². The minimum atomic E-state index is -0.904. The lowest BCUT2D eigenvalue weighted by Gasteiger charge is -2.14. The third-order valence-electron chi connectivity index (χ3n) is 4.14. The van der Waals surface area contributed by atoms with Crippen molar-refractivity contribution in [3.8, 4) is 0 Å². The molecule has 1 heterocycles. The molecule has 3 N–H and O–H groups in total. The Morgan fingerprint density at radius 1 is 1.19 bits per heavy atom. The number of hydrogen-bond donors (Lipinski definition) is 2. The van der Waals surface area contributed by atoms with E-state index in [0.717, 1.165) is 48.4 Å². The van der Waals surface area contributed by atoms with Crippen LogP contribution in [0.5, 0.6) is 0 Å². The summed E-state index contributed by atoms with van der Waals surface area (Å²) in [5.41, 5.74) is 9.35. The average Bonchev–Trinajstić information content (AvgIpc) is 2.62. The molecule has 0 aliphatic heterocycles. The van der Waals surface area contributed by atoms with Crippen molar-refractivity contribution in [3.05, 3.63) is 46.6 Å². The summed E-state index contributed by atoms with van der Waals surface area (Å²) in [7, 11) is 0. The standard InChI is InChI=1S/C19H25FN4O2/c1-3-4-5-10-22-18-16(13(2)23-19(21)24-18)11-14-6-8-15(9-7-14)12-17(25)26-20/h6-9H,3-5,10-12H2,1-2H3,(H3,21,22,23,24). The molecule has 1 aromatic carbocycles. The zero-order chi connectivity index (χ0) is 18.9. The number of nitrogens with two attached hydrogens (primary N) is 1. The summed E-state index contributed by atoms with van der Waals surface area (Å²) in [6.07, 6.45) is 3.92. The number of unbranched alkanes of at least 4 members (excludes halogenated alkanes) is 2. The van der Waals surface area contributed by atoms with Crippen molar-refractivity contribution < 1.29 is 14.3 Å². The first kappa shape index (κ1) is 19.6. The Balaban J connectivity index is 2.13. The molecule has 0 spiro atoms. The van der Waals surface area contributed by atoms with Crippen molar-refractivity contribution in [3.63, 3.8) is 0 Å². The Morgan fingerprint density at radius 2 is 1.88 bits per heavy atom. The number of aryl methyl sites for hydroxylation is 1. The average molecular weight is 360 g/mol. The van der Waals surface area contributed by atoms with Gasteiger partial charge >= 0.3 is 5.97 Å². The molecule has 0 atom stereocenters. The summed E-state index contributed by atoms with van der Waals surface area (Å²) in [4.78, 5) is 22.8. The predicted octanol–water partition coefficient (Wildman–Crippen LogP) is 3.53. The molecular weight excluding hydrogens is 335 g/mol. The van der Waals surface area contributed by atoms with E-state index in [1.807, 2.05) is 19.1 Å². The zero-order valence-electron chi connectivity index (χ0n) is 15.2. The topological polar surface area (TPSA) is 90.1 Å². The van der Waals surface area contributed by atoms with Crippen LogP contribution in [0.15, 0.2) is 24.3 Å². The van der Waals surface area contributed by atoms with E-state index in [4.69, 9.17) is 5.73 Å². The first-order valence-corrected chi connectivity index (χ1v) is 8.79. The fourth-order valence-corrected chi connectivity index (χ4v) is 2.73. The van der Waals surface area contributed by atoms with E-state index in [9.17, 15) is 9.32 Å². The Morgan fingerprint density at radius 3 is 2.54 bits per heavy atom. The lowest BCUT2D eigenvalue weighted by molar-refractivity contribution is -0.182. The maximum Gasteiger partial charge on any atom is 0.353 e. The van der Waals surface area contributed by atoms with Crippen LogP contribution in [0.3, 0.4) is 0 Å². The summed E-state index contributed by atoms with van der Waals surface area (Å²) in [6, 6.07) is 7.37. The largest absolute Gasteiger partial charge is 0.370 e. The van der Waals surface area contributed by atoms with Gasteiger partial charge in [0.2, 0.25) is 5.95 Å². The molecule has 0 saturated carbocycles. The molecule has 0 amide bonds. The Kier molecular flexibility index (Phi) is 7.32. The summed E-state index contributed by atoms with van der Waals surface area (Å²) in [5.74, 6) is 0.111. The number of anilines is 2. The number of nitrogens with zero attached hydrogens (tertiary/aromatic N) is 2. The number of nitrogen functional groups attached to an aromatic ring is 1. The maximum atomic E-state index is 11.8. The predicted molar refractivity (Wildman–Crippen MR) is 99.3 cm³/mol. The van der Waals surface area contributed by atoms with Gasteiger partial charge in [-0.05, 0) is 24.5 Å². The van der Waals surface area contributed by atoms with Gasteiger partial charge in [-0.2, -0.15) is 4.98 Å². The number of carbonyl (C=O) groups is 1. The van der Waals surface area contributed by atoms with Gasteiger partial charge in [0, 0.05) is 28.7 Å². The monoisotopic (exact) mass is 360 g/mol. The Labute approximate surface area is 152 Å². The number of carbonyl (C=O) groups excluding carboxylic acids is 1. The highest BCUT2D eigenvalue weighted by molar-refractivity contribution is 5.71. The van der Waals surface area contributed by atoms with Gasteiger partial charge in [-0.25, -0.2) is 9.78 Å². The summed E-state index contributed by atoms with van der Waals surface area (Å²) in [6.45, 7) is 4.91. The molecule has 140 valence electrons. The summed E-state index contributed by atoms with van der Waals surface area (Å²) >= 11 is 0. The maximum absolute atomic E-state index is 11.8. The second kappa shape index (κ2) is 9.70. The second-order valence-electron chi connectivity index (χ2n) is 6.25. The summed E-state index contributed by atoms with van der Waals surface area (Å²) in [5, 5.41) is 3.36. The molecule has 0 radical (unpaired) electrons. The lowest BCUT2D eigenvalue weighted by atomic mass is 10.0. The minimum Gasteiger partial charge on any atom is -0.370 e. The number of rotatable bonds is 9. The molecule has 2 rings (SSSR count). The molecule has 6 nitrogen and oxygen atoms in total. The van der Waals surface area contributed by atoms with Gasteiger partial charge in [0.1, 0.15) is 5.82 Å². The fraction of sp³-hybridized carbons (Fsp3) is 0.421. The van der Waals surface area contributed by atoms with Gasteiger partial charge in [-0.15, -0.1) is 0 Å². The van der Waals surface area contributed by atoms with Gasteiger partial charge in [-0.3, -0.25) is 4.94 Å². The normalized spacial score (nSPS) is 10.6. The fourth-order valence-electron chi connectivity index (χ4n) is 2.73. The molecule has 26 heavy (non-hydrogen) atoms. The molecule has 7 heteroatoms. The molecule has 0 aliphatic rings. The molecule has 0 saturated heterocycles. The first-order valence-electron chi connectivity index (χ1n) is 8.79. The molecule has 0 aliphatic carbocycles. The molecule has 2 aromatic rings. The summed E-state index contributed by atoms with van der Waals surface area (Å²) < 4.78 is 11.8. The van der Waals surface area contributed by atoms with Gasteiger partial charge < -0.3 is 11.1 Å². The minimum absolute atomic E-state index is 0.0922. The van der Waals surface area contributed by atoms with Gasteiger partial charge in [0.05, 0.1) is 6.42 Å².